The van der Waals surface area contributed by atoms with Gasteiger partial charge in [0.2, 0.25) is 0 Å². The van der Waals surface area contributed by atoms with Crippen LogP contribution in [0.3, 0.4) is 0 Å². The van der Waals surface area contributed by atoms with Crippen molar-refractivity contribution in [2.45, 2.75) is 33.3 Å². The molecule has 0 N–H and O–H groups in total. The average Bonchev–Trinajstić information content (AvgIpc) is 2.13. The minimum Gasteiger partial charge on any atom is -0.488 e. The molecule has 1 rings (SSSR count). The molecule has 0 bridgehead atoms. The molecule has 0 aromatic heterocycles. The predicted molar refractivity (Wildman–Crippen MR) is 51.5 cm³/mol. The second-order valence-electron chi connectivity index (χ2n) is 3.22. The van der Waals surface area contributed by atoms with E-state index in [9.17, 15) is 4.39 Å². The monoisotopic (exact) mass is 182 g/mol. The zero-order chi connectivity index (χ0) is 9.84. The van der Waals surface area contributed by atoms with Crippen molar-refractivity contribution in [3.8, 4) is 5.75 Å². The Morgan fingerprint density at radius 3 is 2.77 bits per heavy atom. The summed E-state index contributed by atoms with van der Waals surface area (Å²) in [4.78, 5) is 0. The van der Waals surface area contributed by atoms with Crippen molar-refractivity contribution in [2.75, 3.05) is 0 Å². The molecule has 0 amide bonds. The van der Waals surface area contributed by atoms with E-state index in [1.165, 1.54) is 0 Å². The van der Waals surface area contributed by atoms with E-state index in [1.807, 2.05) is 13.8 Å². The zero-order valence-corrected chi connectivity index (χ0v) is 8.30. The van der Waals surface area contributed by atoms with Crippen LogP contribution in [0.1, 0.15) is 25.8 Å². The third kappa shape index (κ3) is 2.44. The van der Waals surface area contributed by atoms with Crippen LogP contribution in [0.2, 0.25) is 0 Å². The number of aryl methyl sites for hydroxylation is 1. The highest BCUT2D eigenvalue weighted by Gasteiger charge is 2.07. The Hall–Kier alpha value is -1.05. The van der Waals surface area contributed by atoms with Crippen molar-refractivity contribution >= 4 is 0 Å². The van der Waals surface area contributed by atoms with Crippen LogP contribution in [0.15, 0.2) is 18.2 Å². The van der Waals surface area contributed by atoms with Crippen molar-refractivity contribution in [2.24, 2.45) is 0 Å². The fourth-order valence-electron chi connectivity index (χ4n) is 1.01. The first-order valence-electron chi connectivity index (χ1n) is 4.57. The number of hydrogen-bond donors (Lipinski definition) is 0. The van der Waals surface area contributed by atoms with Crippen LogP contribution in [0.4, 0.5) is 4.39 Å². The minimum atomic E-state index is -0.247. The van der Waals surface area contributed by atoms with Gasteiger partial charge in [-0.1, -0.05) is 19.1 Å². The number of hydrogen-bond acceptors (Lipinski definition) is 1. The maximum atomic E-state index is 13.4. The third-order valence-electron chi connectivity index (χ3n) is 2.06. The first-order valence-corrected chi connectivity index (χ1v) is 4.57. The van der Waals surface area contributed by atoms with Gasteiger partial charge in [-0.25, -0.2) is 4.39 Å². The molecule has 0 saturated carbocycles. The van der Waals surface area contributed by atoms with Crippen LogP contribution in [-0.4, -0.2) is 6.10 Å². The van der Waals surface area contributed by atoms with Crippen LogP contribution < -0.4 is 4.74 Å². The first kappa shape index (κ1) is 10.0. The summed E-state index contributed by atoms with van der Waals surface area (Å²) in [5.74, 6) is 0.108. The number of rotatable bonds is 3. The van der Waals surface area contributed by atoms with Crippen LogP contribution >= 0.6 is 0 Å². The molecular weight excluding hydrogens is 167 g/mol. The Morgan fingerprint density at radius 2 is 2.15 bits per heavy atom. The van der Waals surface area contributed by atoms with Crippen LogP contribution in [0, 0.1) is 12.7 Å². The van der Waals surface area contributed by atoms with Crippen molar-refractivity contribution in [1.82, 2.24) is 0 Å². The summed E-state index contributed by atoms with van der Waals surface area (Å²) in [6.45, 7) is 5.68. The van der Waals surface area contributed by atoms with Gasteiger partial charge in [-0.05, 0) is 31.9 Å². The van der Waals surface area contributed by atoms with Gasteiger partial charge in [0.15, 0.2) is 11.6 Å². The molecule has 1 unspecified atom stereocenters. The van der Waals surface area contributed by atoms with Crippen molar-refractivity contribution in [3.63, 3.8) is 0 Å². The van der Waals surface area contributed by atoms with Crippen molar-refractivity contribution < 1.29 is 9.13 Å². The molecule has 1 nitrogen and oxygen atoms in total. The summed E-state index contributed by atoms with van der Waals surface area (Å²) in [7, 11) is 0. The molecule has 72 valence electrons. The van der Waals surface area contributed by atoms with Crippen LogP contribution in [-0.2, 0) is 0 Å². The summed E-state index contributed by atoms with van der Waals surface area (Å²) < 4.78 is 18.8. The van der Waals surface area contributed by atoms with Gasteiger partial charge in [-0.15, -0.1) is 0 Å². The molecule has 2 heteroatoms. The van der Waals surface area contributed by atoms with E-state index < -0.39 is 0 Å². The Balaban J connectivity index is 2.83. The fourth-order valence-corrected chi connectivity index (χ4v) is 1.01. The number of ether oxygens (including phenoxy) is 1. The van der Waals surface area contributed by atoms with Gasteiger partial charge in [0.1, 0.15) is 0 Å². The highest BCUT2D eigenvalue weighted by molar-refractivity contribution is 5.30. The lowest BCUT2D eigenvalue weighted by Gasteiger charge is -2.13. The molecule has 0 aliphatic carbocycles. The van der Waals surface area contributed by atoms with Crippen LogP contribution in [0.5, 0.6) is 5.75 Å². The first-order chi connectivity index (χ1) is 6.15. The van der Waals surface area contributed by atoms with Gasteiger partial charge >= 0.3 is 0 Å². The molecular formula is C11H15FO. The lowest BCUT2D eigenvalue weighted by atomic mass is 10.2. The summed E-state index contributed by atoms with van der Waals surface area (Å²) >= 11 is 0. The second-order valence-corrected chi connectivity index (χ2v) is 3.22. The summed E-state index contributed by atoms with van der Waals surface area (Å²) in [6, 6.07) is 5.20. The topological polar surface area (TPSA) is 9.23 Å². The van der Waals surface area contributed by atoms with Crippen molar-refractivity contribution in [1.29, 1.82) is 0 Å². The highest BCUT2D eigenvalue weighted by atomic mass is 19.1. The summed E-state index contributed by atoms with van der Waals surface area (Å²) in [5, 5.41) is 0. The second kappa shape index (κ2) is 4.26. The van der Waals surface area contributed by atoms with E-state index in [1.54, 1.807) is 25.1 Å². The van der Waals surface area contributed by atoms with Gasteiger partial charge in [0, 0.05) is 0 Å². The maximum absolute atomic E-state index is 13.4. The van der Waals surface area contributed by atoms with E-state index in [-0.39, 0.29) is 11.9 Å². The normalized spacial score (nSPS) is 12.6. The number of halogens is 1. The Labute approximate surface area is 78.5 Å². The molecule has 1 atom stereocenters. The molecule has 13 heavy (non-hydrogen) atoms. The smallest absolute Gasteiger partial charge is 0.167 e. The van der Waals surface area contributed by atoms with E-state index >= 15 is 0 Å². The van der Waals surface area contributed by atoms with Gasteiger partial charge in [0.05, 0.1) is 6.10 Å². The van der Waals surface area contributed by atoms with Gasteiger partial charge in [-0.3, -0.25) is 0 Å². The standard InChI is InChI=1S/C11H15FO/c1-4-9(3)13-10-7-5-6-8(2)11(10)12/h5-7,9H,4H2,1-3H3. The lowest BCUT2D eigenvalue weighted by Crippen LogP contribution is -2.10. The van der Waals surface area contributed by atoms with E-state index in [2.05, 4.69) is 0 Å². The lowest BCUT2D eigenvalue weighted by molar-refractivity contribution is 0.207. The molecule has 0 aliphatic heterocycles. The molecule has 0 radical (unpaired) electrons. The minimum absolute atomic E-state index is 0.0660. The summed E-state index contributed by atoms with van der Waals surface area (Å²) in [5.41, 5.74) is 0.626. The zero-order valence-electron chi connectivity index (χ0n) is 8.30. The molecule has 0 spiro atoms. The molecule has 0 saturated heterocycles. The van der Waals surface area contributed by atoms with Crippen LogP contribution in [0.25, 0.3) is 0 Å². The van der Waals surface area contributed by atoms with Gasteiger partial charge < -0.3 is 4.74 Å². The Bertz CT molecular complexity index is 283. The largest absolute Gasteiger partial charge is 0.488 e. The van der Waals surface area contributed by atoms with Gasteiger partial charge in [-0.2, -0.15) is 0 Å². The van der Waals surface area contributed by atoms with Gasteiger partial charge in [0.25, 0.3) is 0 Å². The molecule has 0 heterocycles. The quantitative estimate of drug-likeness (QED) is 0.696. The maximum Gasteiger partial charge on any atom is 0.167 e. The van der Waals surface area contributed by atoms with E-state index in [0.29, 0.717) is 11.3 Å². The van der Waals surface area contributed by atoms with E-state index in [0.717, 1.165) is 6.42 Å². The highest BCUT2D eigenvalue weighted by Crippen LogP contribution is 2.21. The summed E-state index contributed by atoms with van der Waals surface area (Å²) in [6.07, 6.45) is 0.948. The van der Waals surface area contributed by atoms with E-state index in [4.69, 9.17) is 4.74 Å². The molecule has 1 aromatic rings. The average molecular weight is 182 g/mol. The molecule has 1 aromatic carbocycles. The SMILES string of the molecule is CCC(C)Oc1cccc(C)c1F. The molecule has 0 fully saturated rings. The number of benzene rings is 1. The predicted octanol–water partition coefficient (Wildman–Crippen LogP) is 3.31. The molecule has 0 aliphatic rings. The Morgan fingerprint density at radius 1 is 1.46 bits per heavy atom. The Kier molecular flexibility index (Phi) is 3.29. The third-order valence-corrected chi connectivity index (χ3v) is 2.06. The fraction of sp³-hybridized carbons (Fsp3) is 0.455. The van der Waals surface area contributed by atoms with Crippen molar-refractivity contribution in [3.05, 3.63) is 29.6 Å².